The van der Waals surface area contributed by atoms with Gasteiger partial charge in [0.1, 0.15) is 6.10 Å². The van der Waals surface area contributed by atoms with Crippen LogP contribution in [0.1, 0.15) is 220 Å². The summed E-state index contributed by atoms with van der Waals surface area (Å²) in [6.07, 6.45) is 35.6. The molecule has 7 nitrogen and oxygen atoms in total. The van der Waals surface area contributed by atoms with E-state index in [4.69, 9.17) is 21.7 Å². The number of ether oxygens (including phenoxy) is 2. The van der Waals surface area contributed by atoms with E-state index < -0.39 is 0 Å². The van der Waals surface area contributed by atoms with Crippen LogP contribution in [0.25, 0.3) is 0 Å². The molecule has 8 heteroatoms. The number of hydrogen-bond acceptors (Lipinski definition) is 6. The molecule has 1 N–H and O–H groups in total. The number of unbranched alkanes of at least 4 members (excludes halogenated alkanes) is 21. The fourth-order valence-corrected chi connectivity index (χ4v) is 6.96. The van der Waals surface area contributed by atoms with Crippen molar-refractivity contribution in [1.82, 2.24) is 15.1 Å². The number of esters is 2. The Balaban J connectivity index is 4.27. The second-order valence-electron chi connectivity index (χ2n) is 15.9. The van der Waals surface area contributed by atoms with E-state index in [9.17, 15) is 9.59 Å². The average Bonchev–Trinajstić information content (AvgIpc) is 3.14. The number of nitrogens with zero attached hydrogens (tertiary/aromatic N) is 2. The van der Waals surface area contributed by atoms with E-state index in [2.05, 4.69) is 31.0 Å². The Bertz CT molecular complexity index is 828. The lowest BCUT2D eigenvalue weighted by Gasteiger charge is -2.23. The molecule has 0 fully saturated rings. The first-order valence-electron chi connectivity index (χ1n) is 22.9. The summed E-state index contributed by atoms with van der Waals surface area (Å²) in [5.41, 5.74) is 0. The number of rotatable bonds is 40. The van der Waals surface area contributed by atoms with Gasteiger partial charge in [0.2, 0.25) is 0 Å². The highest BCUT2D eigenvalue weighted by molar-refractivity contribution is 7.80. The first-order chi connectivity index (χ1) is 25.8. The summed E-state index contributed by atoms with van der Waals surface area (Å²) in [5, 5.41) is 4.16. The minimum absolute atomic E-state index is 0.0183. The molecule has 0 aromatic rings. The molecule has 0 rings (SSSR count). The van der Waals surface area contributed by atoms with Crippen LogP contribution in [0.3, 0.4) is 0 Å². The number of nitrogens with one attached hydrogen (secondary N) is 1. The highest BCUT2D eigenvalue weighted by Crippen LogP contribution is 2.18. The molecule has 0 aromatic carbocycles. The number of carbonyl (C=O) groups is 2. The van der Waals surface area contributed by atoms with Crippen LogP contribution in [0.5, 0.6) is 0 Å². The molecule has 0 aliphatic heterocycles. The van der Waals surface area contributed by atoms with Gasteiger partial charge in [0.05, 0.1) is 6.61 Å². The fraction of sp³-hybridized carbons (Fsp3) is 0.933. The Hall–Kier alpha value is -1.41. The zero-order chi connectivity index (χ0) is 39.0. The highest BCUT2D eigenvalue weighted by Gasteiger charge is 2.14. The molecule has 0 spiro atoms. The zero-order valence-electron chi connectivity index (χ0n) is 36.0. The molecule has 0 aliphatic carbocycles. The summed E-state index contributed by atoms with van der Waals surface area (Å²) in [4.78, 5) is 29.3. The molecule has 0 aliphatic rings. The summed E-state index contributed by atoms with van der Waals surface area (Å²) in [5.74, 6) is -0.000514. The Kier molecular flexibility index (Phi) is 39.2. The molecule has 0 saturated heterocycles. The van der Waals surface area contributed by atoms with E-state index >= 15 is 0 Å². The standard InChI is InChI=1S/C45H89N3O4S/c1-6-9-12-14-16-24-31-41-51-43(49)35-27-20-17-22-29-38-48(40-32-37-46-45(53)47(4)5)39-30-23-18-21-28-36-44(50)52-42(33-25-11-8-3)34-26-19-15-13-10-7-2/h42H,6-41H2,1-5H3,(H,46,53). The Labute approximate surface area is 335 Å². The van der Waals surface area contributed by atoms with Gasteiger partial charge in [-0.25, -0.2) is 0 Å². The Morgan fingerprint density at radius 1 is 0.528 bits per heavy atom. The van der Waals surface area contributed by atoms with E-state index in [1.54, 1.807) is 0 Å². The molecule has 0 bridgehead atoms. The third kappa shape index (κ3) is 37.3. The van der Waals surface area contributed by atoms with Crippen molar-refractivity contribution in [3.8, 4) is 0 Å². The van der Waals surface area contributed by atoms with Gasteiger partial charge in [0.15, 0.2) is 5.11 Å². The second kappa shape index (κ2) is 40.3. The van der Waals surface area contributed by atoms with Gasteiger partial charge >= 0.3 is 11.9 Å². The van der Waals surface area contributed by atoms with Crippen LogP contribution in [0.15, 0.2) is 0 Å². The summed E-state index contributed by atoms with van der Waals surface area (Å²) in [7, 11) is 3.96. The molecule has 0 radical (unpaired) electrons. The SMILES string of the molecule is CCCCCCCCCOC(=O)CCCCCCCN(CCCCCCCC(=O)OC(CCCCC)CCCCCCCC)CCCNC(=S)N(C)C. The molecule has 0 saturated carbocycles. The molecule has 53 heavy (non-hydrogen) atoms. The van der Waals surface area contributed by atoms with E-state index in [1.807, 2.05) is 19.0 Å². The van der Waals surface area contributed by atoms with Crippen molar-refractivity contribution < 1.29 is 19.1 Å². The van der Waals surface area contributed by atoms with Crippen LogP contribution in [-0.2, 0) is 19.1 Å². The monoisotopic (exact) mass is 768 g/mol. The van der Waals surface area contributed by atoms with Crippen LogP contribution >= 0.6 is 12.2 Å². The quantitative estimate of drug-likeness (QED) is 0.0375. The maximum Gasteiger partial charge on any atom is 0.306 e. The average molecular weight is 768 g/mol. The molecule has 1 atom stereocenters. The van der Waals surface area contributed by atoms with Crippen molar-refractivity contribution in [3.05, 3.63) is 0 Å². The molecular formula is C45H89N3O4S. The molecule has 0 amide bonds. The predicted molar refractivity (Wildman–Crippen MR) is 232 cm³/mol. The maximum atomic E-state index is 12.7. The van der Waals surface area contributed by atoms with Crippen LogP contribution in [0.2, 0.25) is 0 Å². The summed E-state index contributed by atoms with van der Waals surface area (Å²) in [6.45, 7) is 11.6. The molecule has 314 valence electrons. The number of hydrogen-bond donors (Lipinski definition) is 1. The fourth-order valence-electron chi connectivity index (χ4n) is 6.86. The number of carbonyl (C=O) groups excluding carboxylic acids is 2. The highest BCUT2D eigenvalue weighted by atomic mass is 32.1. The molecule has 0 heterocycles. The third-order valence-electron chi connectivity index (χ3n) is 10.4. The topological polar surface area (TPSA) is 71.1 Å². The van der Waals surface area contributed by atoms with Gasteiger partial charge in [-0.05, 0) is 96.1 Å². The maximum absolute atomic E-state index is 12.7. The summed E-state index contributed by atoms with van der Waals surface area (Å²) >= 11 is 5.40. The van der Waals surface area contributed by atoms with E-state index in [0.717, 1.165) is 82.7 Å². The van der Waals surface area contributed by atoms with E-state index in [1.165, 1.54) is 135 Å². The molecular weight excluding hydrogens is 679 g/mol. The van der Waals surface area contributed by atoms with E-state index in [0.29, 0.717) is 19.4 Å². The largest absolute Gasteiger partial charge is 0.466 e. The lowest BCUT2D eigenvalue weighted by atomic mass is 10.0. The van der Waals surface area contributed by atoms with Gasteiger partial charge in [-0.2, -0.15) is 0 Å². The van der Waals surface area contributed by atoms with Crippen molar-refractivity contribution in [2.45, 2.75) is 226 Å². The summed E-state index contributed by atoms with van der Waals surface area (Å²) in [6, 6.07) is 0. The van der Waals surface area contributed by atoms with Gasteiger partial charge in [-0.15, -0.1) is 0 Å². The Morgan fingerprint density at radius 3 is 1.49 bits per heavy atom. The van der Waals surface area contributed by atoms with Gasteiger partial charge < -0.3 is 24.6 Å². The minimum Gasteiger partial charge on any atom is -0.466 e. The Morgan fingerprint density at radius 2 is 0.943 bits per heavy atom. The van der Waals surface area contributed by atoms with Crippen LogP contribution in [0.4, 0.5) is 0 Å². The third-order valence-corrected chi connectivity index (χ3v) is 10.9. The van der Waals surface area contributed by atoms with Gasteiger partial charge in [0.25, 0.3) is 0 Å². The smallest absolute Gasteiger partial charge is 0.306 e. The summed E-state index contributed by atoms with van der Waals surface area (Å²) < 4.78 is 11.4. The molecule has 0 aromatic heterocycles. The van der Waals surface area contributed by atoms with Gasteiger partial charge in [-0.3, -0.25) is 9.59 Å². The lowest BCUT2D eigenvalue weighted by molar-refractivity contribution is -0.150. The van der Waals surface area contributed by atoms with Gasteiger partial charge in [0, 0.05) is 33.5 Å². The zero-order valence-corrected chi connectivity index (χ0v) is 36.8. The lowest BCUT2D eigenvalue weighted by Crippen LogP contribution is -2.36. The second-order valence-corrected chi connectivity index (χ2v) is 16.2. The minimum atomic E-state index is -0.0188. The first-order valence-corrected chi connectivity index (χ1v) is 23.3. The van der Waals surface area contributed by atoms with Gasteiger partial charge in [-0.1, -0.05) is 143 Å². The van der Waals surface area contributed by atoms with E-state index in [-0.39, 0.29) is 18.0 Å². The van der Waals surface area contributed by atoms with Crippen molar-refractivity contribution in [2.24, 2.45) is 0 Å². The van der Waals surface area contributed by atoms with Crippen molar-refractivity contribution >= 4 is 29.3 Å². The normalized spacial score (nSPS) is 11.9. The molecule has 1 unspecified atom stereocenters. The predicted octanol–water partition coefficient (Wildman–Crippen LogP) is 12.3. The van der Waals surface area contributed by atoms with Crippen LogP contribution < -0.4 is 5.32 Å². The number of thiocarbonyl (C=S) groups is 1. The van der Waals surface area contributed by atoms with Crippen molar-refractivity contribution in [1.29, 1.82) is 0 Å². The van der Waals surface area contributed by atoms with Crippen LogP contribution in [-0.4, -0.2) is 79.8 Å². The van der Waals surface area contributed by atoms with Crippen molar-refractivity contribution in [3.63, 3.8) is 0 Å². The first kappa shape index (κ1) is 51.6. The van der Waals surface area contributed by atoms with Crippen molar-refractivity contribution in [2.75, 3.05) is 46.9 Å². The van der Waals surface area contributed by atoms with Crippen LogP contribution in [0, 0.1) is 0 Å².